The van der Waals surface area contributed by atoms with Crippen molar-refractivity contribution in [3.8, 4) is 0 Å². The Labute approximate surface area is 802 Å². The number of nitrogens with zero attached hydrogens (tertiary/aromatic N) is 2. The Morgan fingerprint density at radius 2 is 0.480 bits per heavy atom. The van der Waals surface area contributed by atoms with Crippen LogP contribution in [0.3, 0.4) is 0 Å². The van der Waals surface area contributed by atoms with Crippen LogP contribution in [0, 0.1) is 118 Å². The number of rotatable bonds is 0. The van der Waals surface area contributed by atoms with E-state index in [-0.39, 0.29) is 0 Å². The molecule has 18 aromatic heterocycles. The fourth-order valence-electron chi connectivity index (χ4n) is 20.3. The quantitative estimate of drug-likeness (QED) is 0.145. The zero-order valence-corrected chi connectivity index (χ0v) is 87.0. The minimum Gasteiger partial charge on any atom is -0.261 e. The fraction of sp³-hybridized carbons (Fsp3) is 0.178. The third kappa shape index (κ3) is 11.6. The van der Waals surface area contributed by atoms with Crippen LogP contribution in [0.4, 0.5) is 11.4 Å². The second-order valence-electron chi connectivity index (χ2n) is 34.9. The summed E-state index contributed by atoms with van der Waals surface area (Å²) in [6.07, 6.45) is 5.86. The monoisotopic (exact) mass is 1960 g/mol. The van der Waals surface area contributed by atoms with Crippen molar-refractivity contribution in [1.29, 1.82) is 0 Å². The maximum atomic E-state index is 4.30. The van der Waals surface area contributed by atoms with E-state index in [1.165, 1.54) is 330 Å². The zero-order chi connectivity index (χ0) is 86.1. The summed E-state index contributed by atoms with van der Waals surface area (Å²) in [6, 6.07) is 39.3. The number of thiophene rings is 18. The Hall–Kier alpha value is -7.88. The maximum Gasteiger partial charge on any atom is 0.0665 e. The van der Waals surface area contributed by atoms with Crippen LogP contribution in [0.1, 0.15) is 104 Å². The van der Waals surface area contributed by atoms with Gasteiger partial charge < -0.3 is 0 Å². The Morgan fingerprint density at radius 3 is 0.850 bits per heavy atom. The first-order chi connectivity index (χ1) is 61.4. The average molecular weight is 1970 g/mol. The van der Waals surface area contributed by atoms with E-state index in [0.717, 1.165) is 24.2 Å². The summed E-state index contributed by atoms with van der Waals surface area (Å²) >= 11 is 35.7. The van der Waals surface area contributed by atoms with E-state index in [2.05, 4.69) is 242 Å². The normalized spacial score (nSPS) is 13.1. The lowest BCUT2D eigenvalue weighted by Crippen LogP contribution is -1.84. The SMILES string of the molecule is C1=Nc2cc3c(cc2C1)N=CC3.Cc1cc2sc3c(c2s1)c1sc2cc(C)sc2c1c1sc2cc(C)sc2c31.Cc1cc2sc3c(sc4c(C)c5c(sc6c7cc(C)c(C)cc7sc65)c(C)c43)c2cc1C.Cc1ccc(C)c2c1sc1c2sc2c(C)c3c(sc4c3sc3c(C)ccc(C)c34)c(C)c21.Cc1ccc(C)c2c3sc4ccsc4c3c3c4sccc4sc3c12. The Balaban J connectivity index is 0.0000000863. The molecule has 0 atom stereocenters. The van der Waals surface area contributed by atoms with Gasteiger partial charge in [-0.05, 0) is 284 Å². The summed E-state index contributed by atoms with van der Waals surface area (Å²) in [5.74, 6) is 0. The molecule has 0 saturated heterocycles. The van der Waals surface area contributed by atoms with Gasteiger partial charge in [0.25, 0.3) is 0 Å². The molecule has 0 amide bonds. The lowest BCUT2D eigenvalue weighted by Gasteiger charge is -2.09. The van der Waals surface area contributed by atoms with Crippen LogP contribution < -0.4 is 0 Å². The van der Waals surface area contributed by atoms with Crippen LogP contribution in [0.2, 0.25) is 0 Å². The second kappa shape index (κ2) is 29.1. The molecule has 0 aliphatic carbocycles. The van der Waals surface area contributed by atoms with E-state index < -0.39 is 0 Å². The van der Waals surface area contributed by atoms with Gasteiger partial charge in [-0.3, -0.25) is 9.98 Å². The minimum atomic E-state index is 0.970. The number of hydrogen-bond donors (Lipinski definition) is 0. The van der Waals surface area contributed by atoms with Crippen molar-refractivity contribution in [3.63, 3.8) is 0 Å². The molecule has 2 nitrogen and oxygen atoms in total. The molecule has 2 aliphatic heterocycles. The van der Waals surface area contributed by atoms with Crippen molar-refractivity contribution < 1.29 is 0 Å². The van der Waals surface area contributed by atoms with Crippen LogP contribution in [0.25, 0.3) is 226 Å². The topological polar surface area (TPSA) is 24.7 Å². The molecule has 0 N–H and O–H groups in total. The third-order valence-corrected chi connectivity index (χ3v) is 49.2. The number of benzene rings is 10. The molecule has 0 bridgehead atoms. The van der Waals surface area contributed by atoms with E-state index in [1.54, 1.807) is 0 Å². The molecule has 30 rings (SSSR count). The van der Waals surface area contributed by atoms with Crippen LogP contribution in [-0.2, 0) is 12.8 Å². The number of fused-ring (bicyclic) bond motifs is 44. The van der Waals surface area contributed by atoms with E-state index >= 15 is 0 Å². The van der Waals surface area contributed by atoms with Crippen LogP contribution in [0.15, 0.2) is 124 Å². The highest BCUT2D eigenvalue weighted by Gasteiger charge is 2.30. The van der Waals surface area contributed by atoms with E-state index in [9.17, 15) is 0 Å². The molecule has 2 aliphatic rings. The molecule has 20 heteroatoms. The maximum absolute atomic E-state index is 4.30. The summed E-state index contributed by atoms with van der Waals surface area (Å²) < 4.78 is 45.8. The van der Waals surface area contributed by atoms with Gasteiger partial charge in [0.1, 0.15) is 0 Å². The summed E-state index contributed by atoms with van der Waals surface area (Å²) in [7, 11) is 0. The summed E-state index contributed by atoms with van der Waals surface area (Å²) in [6.45, 7) is 38.6. The predicted octanol–water partition coefficient (Wildman–Crippen LogP) is 41.8. The largest absolute Gasteiger partial charge is 0.261 e. The van der Waals surface area contributed by atoms with Gasteiger partial charge in [-0.2, -0.15) is 0 Å². The third-order valence-electron chi connectivity index (χ3n) is 26.8. The molecule has 10 aromatic carbocycles. The van der Waals surface area contributed by atoms with E-state index in [0.29, 0.717) is 0 Å². The standard InChI is InChI=1S/2C28H22S4.C21H12S6.C20H12S4.C10H8N2/c1-11-7-17-19(9-13(11)3)29-27-21-15(5)24-22(16(6)23(21)31-25(17)27)28-26(32-24)18-8-12(2)14(4)10-20(18)30-28;1-11-7-9-13(3)21-17(11)25-27(29-21)19-15(5)24-20(16(6)23(19)31-25)28-26(32-24)18-12(2)8-10-14(4)22(18)30-28;1-7-4-10-16(22-7)13-19(25-10)14-17-12(6-9(3)23-17)27-21(14)15-18-11(26-20(13)15)5-8(2)24-18;1-9-3-4-10(2)14-13(9)19-15(17-11(23-19)5-7-21-17)16-18-12(6-8-22-18)24-20(14)16;1-3-11-9-6-8-2-4-12-10(8)5-7(1)9/h2*7-10H,1-6H3;4-6H,1-3H3;3-8H,1-2H3;3-6H,1-2H2. The van der Waals surface area contributed by atoms with Gasteiger partial charge >= 0.3 is 0 Å². The van der Waals surface area contributed by atoms with Gasteiger partial charge in [-0.25, -0.2) is 0 Å². The summed E-state index contributed by atoms with van der Waals surface area (Å²) in [4.78, 5) is 12.9. The summed E-state index contributed by atoms with van der Waals surface area (Å²) in [5.41, 5.74) is 24.7. The minimum absolute atomic E-state index is 0.970. The zero-order valence-electron chi connectivity index (χ0n) is 72.3. The fourth-order valence-corrected chi connectivity index (χ4v) is 45.6. The lowest BCUT2D eigenvalue weighted by molar-refractivity contribution is 1.34. The Bertz CT molecular complexity index is 9230. The van der Waals surface area contributed by atoms with E-state index in [4.69, 9.17) is 0 Å². The molecule has 0 spiro atoms. The molecule has 0 fully saturated rings. The molecular weight excluding hydrogens is 1890 g/mol. The molecule has 622 valence electrons. The van der Waals surface area contributed by atoms with Gasteiger partial charge in [0.15, 0.2) is 0 Å². The van der Waals surface area contributed by atoms with Gasteiger partial charge in [0, 0.05) is 205 Å². The van der Waals surface area contributed by atoms with Crippen LogP contribution >= 0.6 is 204 Å². The van der Waals surface area contributed by atoms with E-state index in [1.807, 2.05) is 216 Å². The smallest absolute Gasteiger partial charge is 0.0665 e. The lowest BCUT2D eigenvalue weighted by atomic mass is 9.97. The number of hydrogen-bond acceptors (Lipinski definition) is 20. The molecule has 127 heavy (non-hydrogen) atoms. The molecule has 0 unspecified atom stereocenters. The first-order valence-electron chi connectivity index (χ1n) is 42.6. The number of aliphatic imine (C=N–C) groups is 2. The summed E-state index contributed by atoms with van der Waals surface area (Å²) in [5, 5.41) is 26.8. The highest BCUT2D eigenvalue weighted by Crippen LogP contribution is 2.61. The van der Waals surface area contributed by atoms with Gasteiger partial charge in [0.05, 0.1) is 72.5 Å². The highest BCUT2D eigenvalue weighted by molar-refractivity contribution is 7.43. The average Bonchev–Trinajstić information content (AvgIpc) is 1.54. The van der Waals surface area contributed by atoms with Crippen molar-refractivity contribution in [3.05, 3.63) is 218 Å². The Kier molecular flexibility index (Phi) is 18.3. The first-order valence-corrected chi connectivity index (χ1v) is 57.4. The van der Waals surface area contributed by atoms with Crippen molar-refractivity contribution in [2.24, 2.45) is 9.98 Å². The molecule has 0 saturated carbocycles. The van der Waals surface area contributed by atoms with Crippen molar-refractivity contribution in [1.82, 2.24) is 0 Å². The highest BCUT2D eigenvalue weighted by atomic mass is 32.2. The van der Waals surface area contributed by atoms with Crippen molar-refractivity contribution in [2.75, 3.05) is 0 Å². The molecule has 0 radical (unpaired) electrons. The molecule has 28 aromatic rings. The molecular formula is C107H76N2S18. The van der Waals surface area contributed by atoms with Crippen molar-refractivity contribution in [2.45, 2.75) is 131 Å². The second-order valence-corrected chi connectivity index (χ2v) is 54.0. The predicted molar refractivity (Wildman–Crippen MR) is 601 cm³/mol. The van der Waals surface area contributed by atoms with Gasteiger partial charge in [-0.1, -0.05) is 36.4 Å². The first kappa shape index (κ1) is 80.0. The molecule has 20 heterocycles. The van der Waals surface area contributed by atoms with Gasteiger partial charge in [0.2, 0.25) is 0 Å². The van der Waals surface area contributed by atoms with Gasteiger partial charge in [-0.15, -0.1) is 204 Å². The Morgan fingerprint density at radius 1 is 0.189 bits per heavy atom. The van der Waals surface area contributed by atoms with Crippen LogP contribution in [0.5, 0.6) is 0 Å². The number of aryl methyl sites for hydroxylation is 17. The van der Waals surface area contributed by atoms with Crippen LogP contribution in [-0.4, -0.2) is 12.4 Å². The van der Waals surface area contributed by atoms with Crippen molar-refractivity contribution >= 4 is 454 Å².